The Bertz CT molecular complexity index is 558. The number of nitrogens with zero attached hydrogens (tertiary/aromatic N) is 1. The van der Waals surface area contributed by atoms with Gasteiger partial charge in [0.25, 0.3) is 0 Å². The molecule has 0 fully saturated rings. The van der Waals surface area contributed by atoms with E-state index in [2.05, 4.69) is 50.9 Å². The summed E-state index contributed by atoms with van der Waals surface area (Å²) in [6.45, 7) is 8.67. The quantitative estimate of drug-likeness (QED) is 0.884. The highest BCUT2D eigenvalue weighted by molar-refractivity contribution is 5.83. The second-order valence-electron chi connectivity index (χ2n) is 5.45. The van der Waals surface area contributed by atoms with Gasteiger partial charge in [0.1, 0.15) is 0 Å². The second-order valence-corrected chi connectivity index (χ2v) is 5.45. The number of hydrogen-bond acceptors (Lipinski definition) is 2. The predicted octanol–water partition coefficient (Wildman–Crippen LogP) is 3.97. The molecular formula is C16H21NO. The first-order valence-corrected chi connectivity index (χ1v) is 6.57. The van der Waals surface area contributed by atoms with E-state index in [0.29, 0.717) is 11.8 Å². The van der Waals surface area contributed by atoms with Crippen LogP contribution >= 0.6 is 0 Å². The van der Waals surface area contributed by atoms with E-state index >= 15 is 0 Å². The van der Waals surface area contributed by atoms with Gasteiger partial charge in [0.05, 0.1) is 12.1 Å². The van der Waals surface area contributed by atoms with Crippen LogP contribution in [-0.4, -0.2) is 10.1 Å². The van der Waals surface area contributed by atoms with Crippen molar-refractivity contribution >= 4 is 10.9 Å². The number of hydrogen-bond donors (Lipinski definition) is 1. The number of aromatic nitrogens is 1. The monoisotopic (exact) mass is 243 g/mol. The summed E-state index contributed by atoms with van der Waals surface area (Å²) < 4.78 is 0. The zero-order valence-corrected chi connectivity index (χ0v) is 11.6. The molecule has 2 rings (SSSR count). The first kappa shape index (κ1) is 13.0. The minimum absolute atomic E-state index is 0.0697. The predicted molar refractivity (Wildman–Crippen MR) is 75.8 cm³/mol. The molecule has 96 valence electrons. The summed E-state index contributed by atoms with van der Waals surface area (Å²) in [5, 5.41) is 10.6. The van der Waals surface area contributed by atoms with E-state index in [4.69, 9.17) is 0 Å². The molecule has 1 aromatic carbocycles. The minimum Gasteiger partial charge on any atom is -0.392 e. The lowest BCUT2D eigenvalue weighted by Crippen LogP contribution is -1.98. The molecule has 2 heteroatoms. The molecule has 0 unspecified atom stereocenters. The Hall–Kier alpha value is -1.41. The molecule has 2 nitrogen and oxygen atoms in total. The summed E-state index contributed by atoms with van der Waals surface area (Å²) in [4.78, 5) is 4.67. The van der Waals surface area contributed by atoms with Gasteiger partial charge in [0.2, 0.25) is 0 Å². The summed E-state index contributed by atoms with van der Waals surface area (Å²) >= 11 is 0. The van der Waals surface area contributed by atoms with Gasteiger partial charge in [-0.1, -0.05) is 33.8 Å². The number of aliphatic hydroxyl groups excluding tert-OH is 1. The summed E-state index contributed by atoms with van der Waals surface area (Å²) in [6.07, 6.45) is 0. The molecule has 2 aromatic rings. The van der Waals surface area contributed by atoms with Crippen LogP contribution in [0.2, 0.25) is 0 Å². The summed E-state index contributed by atoms with van der Waals surface area (Å²) in [5.74, 6) is 0.871. The van der Waals surface area contributed by atoms with Gasteiger partial charge in [0, 0.05) is 11.1 Å². The standard InChI is InChI=1S/C16H21NO/c1-10(2)12-5-6-15-14(7-12)13(9-18)8-16(17-15)11(3)4/h5-8,10-11,18H,9H2,1-4H3. The fourth-order valence-corrected chi connectivity index (χ4v) is 2.12. The topological polar surface area (TPSA) is 33.1 Å². The van der Waals surface area contributed by atoms with Crippen molar-refractivity contribution in [1.29, 1.82) is 0 Å². The lowest BCUT2D eigenvalue weighted by atomic mass is 9.97. The molecule has 0 saturated heterocycles. The maximum absolute atomic E-state index is 9.54. The van der Waals surface area contributed by atoms with Crippen LogP contribution in [-0.2, 0) is 6.61 Å². The van der Waals surface area contributed by atoms with Gasteiger partial charge in [-0.25, -0.2) is 0 Å². The van der Waals surface area contributed by atoms with Crippen molar-refractivity contribution in [1.82, 2.24) is 4.98 Å². The van der Waals surface area contributed by atoms with E-state index in [1.165, 1.54) is 5.56 Å². The van der Waals surface area contributed by atoms with Crippen LogP contribution in [0.4, 0.5) is 0 Å². The number of fused-ring (bicyclic) bond motifs is 1. The maximum Gasteiger partial charge on any atom is 0.0709 e. The highest BCUT2D eigenvalue weighted by Gasteiger charge is 2.09. The van der Waals surface area contributed by atoms with E-state index in [0.717, 1.165) is 22.2 Å². The molecule has 1 N–H and O–H groups in total. The van der Waals surface area contributed by atoms with E-state index in [1.54, 1.807) is 0 Å². The van der Waals surface area contributed by atoms with Gasteiger partial charge in [0.15, 0.2) is 0 Å². The van der Waals surface area contributed by atoms with Crippen LogP contribution in [0.15, 0.2) is 24.3 Å². The normalized spacial score (nSPS) is 11.7. The molecule has 1 aromatic heterocycles. The Labute approximate surface area is 109 Å². The van der Waals surface area contributed by atoms with Crippen LogP contribution in [0, 0.1) is 0 Å². The molecule has 0 aliphatic rings. The number of rotatable bonds is 3. The second kappa shape index (κ2) is 5.07. The summed E-state index contributed by atoms with van der Waals surface area (Å²) in [5.41, 5.74) is 4.29. The number of aliphatic hydroxyl groups is 1. The highest BCUT2D eigenvalue weighted by Crippen LogP contribution is 2.26. The Balaban J connectivity index is 2.67. The number of benzene rings is 1. The molecule has 0 atom stereocenters. The van der Waals surface area contributed by atoms with Gasteiger partial charge in [-0.3, -0.25) is 4.98 Å². The zero-order valence-electron chi connectivity index (χ0n) is 11.6. The van der Waals surface area contributed by atoms with Crippen LogP contribution in [0.1, 0.15) is 56.4 Å². The zero-order chi connectivity index (χ0) is 13.3. The molecule has 18 heavy (non-hydrogen) atoms. The average molecular weight is 243 g/mol. The van der Waals surface area contributed by atoms with Crippen molar-refractivity contribution in [2.24, 2.45) is 0 Å². The fourth-order valence-electron chi connectivity index (χ4n) is 2.12. The van der Waals surface area contributed by atoms with Gasteiger partial charge in [-0.15, -0.1) is 0 Å². The largest absolute Gasteiger partial charge is 0.392 e. The van der Waals surface area contributed by atoms with E-state index in [1.807, 2.05) is 6.07 Å². The maximum atomic E-state index is 9.54. The van der Waals surface area contributed by atoms with Gasteiger partial charge >= 0.3 is 0 Å². The Morgan fingerprint density at radius 2 is 1.78 bits per heavy atom. The van der Waals surface area contributed by atoms with E-state index < -0.39 is 0 Å². The molecule has 0 aliphatic heterocycles. The van der Waals surface area contributed by atoms with Gasteiger partial charge < -0.3 is 5.11 Å². The molecule has 0 amide bonds. The Morgan fingerprint density at radius 3 is 2.33 bits per heavy atom. The first-order valence-electron chi connectivity index (χ1n) is 6.57. The minimum atomic E-state index is 0.0697. The van der Waals surface area contributed by atoms with Crippen molar-refractivity contribution in [2.45, 2.75) is 46.1 Å². The van der Waals surface area contributed by atoms with Crippen molar-refractivity contribution < 1.29 is 5.11 Å². The van der Waals surface area contributed by atoms with Crippen LogP contribution in [0.25, 0.3) is 10.9 Å². The van der Waals surface area contributed by atoms with Crippen molar-refractivity contribution in [3.8, 4) is 0 Å². The fraction of sp³-hybridized carbons (Fsp3) is 0.438. The van der Waals surface area contributed by atoms with Crippen molar-refractivity contribution in [2.75, 3.05) is 0 Å². The van der Waals surface area contributed by atoms with Crippen molar-refractivity contribution in [3.63, 3.8) is 0 Å². The third-order valence-electron chi connectivity index (χ3n) is 3.37. The van der Waals surface area contributed by atoms with Gasteiger partial charge in [-0.05, 0) is 41.2 Å². The third-order valence-corrected chi connectivity index (χ3v) is 3.37. The SMILES string of the molecule is CC(C)c1ccc2nc(C(C)C)cc(CO)c2c1. The Kier molecular flexibility index (Phi) is 3.67. The van der Waals surface area contributed by atoms with Crippen molar-refractivity contribution in [3.05, 3.63) is 41.1 Å². The molecular weight excluding hydrogens is 222 g/mol. The number of pyridine rings is 1. The molecule has 0 aliphatic carbocycles. The molecule has 0 spiro atoms. The first-order chi connectivity index (χ1) is 8.52. The third kappa shape index (κ3) is 2.39. The van der Waals surface area contributed by atoms with E-state index in [9.17, 15) is 5.11 Å². The van der Waals surface area contributed by atoms with Crippen LogP contribution in [0.5, 0.6) is 0 Å². The van der Waals surface area contributed by atoms with Crippen LogP contribution in [0.3, 0.4) is 0 Å². The highest BCUT2D eigenvalue weighted by atomic mass is 16.3. The lowest BCUT2D eigenvalue weighted by Gasteiger charge is -2.12. The molecule has 0 saturated carbocycles. The van der Waals surface area contributed by atoms with E-state index in [-0.39, 0.29) is 6.61 Å². The average Bonchev–Trinajstić information content (AvgIpc) is 2.36. The molecule has 0 radical (unpaired) electrons. The smallest absolute Gasteiger partial charge is 0.0709 e. The van der Waals surface area contributed by atoms with Crippen LogP contribution < -0.4 is 0 Å². The lowest BCUT2D eigenvalue weighted by molar-refractivity contribution is 0.283. The molecule has 0 bridgehead atoms. The Morgan fingerprint density at radius 1 is 1.06 bits per heavy atom. The summed E-state index contributed by atoms with van der Waals surface area (Å²) in [6, 6.07) is 8.38. The van der Waals surface area contributed by atoms with Gasteiger partial charge in [-0.2, -0.15) is 0 Å². The summed E-state index contributed by atoms with van der Waals surface area (Å²) in [7, 11) is 0. The molecule has 1 heterocycles.